The Labute approximate surface area is 128 Å². The third-order valence-corrected chi connectivity index (χ3v) is 4.35. The van der Waals surface area contributed by atoms with Crippen LogP contribution in [0.1, 0.15) is 44.5 Å². The minimum absolute atomic E-state index is 0.161. The van der Waals surface area contributed by atoms with Crippen LogP contribution in [0.5, 0.6) is 5.75 Å². The molecule has 0 bridgehead atoms. The van der Waals surface area contributed by atoms with Crippen LogP contribution >= 0.6 is 0 Å². The predicted molar refractivity (Wildman–Crippen MR) is 85.9 cm³/mol. The third kappa shape index (κ3) is 4.07. The molecule has 0 saturated carbocycles. The van der Waals surface area contributed by atoms with Crippen molar-refractivity contribution in [2.24, 2.45) is 11.3 Å². The number of carbonyl (C=O) groups excluding carboxylic acids is 1. The molecule has 1 heterocycles. The first-order valence-electron chi connectivity index (χ1n) is 7.89. The molecule has 3 nitrogen and oxygen atoms in total. The fourth-order valence-corrected chi connectivity index (χ4v) is 2.95. The fraction of sp³-hybridized carbons (Fsp3) is 0.611. The second-order valence-corrected chi connectivity index (χ2v) is 6.94. The monoisotopic (exact) mass is 289 g/mol. The van der Waals surface area contributed by atoms with Gasteiger partial charge in [0.15, 0.2) is 5.78 Å². The molecule has 1 saturated heterocycles. The quantitative estimate of drug-likeness (QED) is 0.775. The summed E-state index contributed by atoms with van der Waals surface area (Å²) < 4.78 is 5.56. The van der Waals surface area contributed by atoms with Crippen molar-refractivity contribution in [3.05, 3.63) is 29.8 Å². The average Bonchev–Trinajstić information content (AvgIpc) is 2.88. The largest absolute Gasteiger partial charge is 0.493 e. The van der Waals surface area contributed by atoms with Gasteiger partial charge in [-0.2, -0.15) is 0 Å². The number of hydrogen-bond donors (Lipinski definition) is 0. The summed E-state index contributed by atoms with van der Waals surface area (Å²) in [6, 6.07) is 7.55. The molecule has 1 aromatic rings. The van der Waals surface area contributed by atoms with Crippen molar-refractivity contribution < 1.29 is 9.53 Å². The molecule has 1 aromatic carbocycles. The molecule has 0 aromatic heterocycles. The molecule has 2 rings (SSSR count). The molecule has 0 spiro atoms. The van der Waals surface area contributed by atoms with E-state index < -0.39 is 0 Å². The first-order chi connectivity index (χ1) is 9.91. The van der Waals surface area contributed by atoms with Gasteiger partial charge in [-0.3, -0.25) is 9.69 Å². The molecule has 0 N–H and O–H groups in total. The van der Waals surface area contributed by atoms with Gasteiger partial charge in [-0.05, 0) is 43.4 Å². The topological polar surface area (TPSA) is 29.5 Å². The van der Waals surface area contributed by atoms with Gasteiger partial charge in [0.25, 0.3) is 0 Å². The van der Waals surface area contributed by atoms with Gasteiger partial charge < -0.3 is 4.74 Å². The van der Waals surface area contributed by atoms with E-state index in [9.17, 15) is 4.79 Å². The third-order valence-electron chi connectivity index (χ3n) is 4.35. The Bertz CT molecular complexity index is 490. The van der Waals surface area contributed by atoms with E-state index in [1.165, 1.54) is 6.42 Å². The average molecular weight is 289 g/mol. The number of ether oxygens (including phenoxy) is 1. The van der Waals surface area contributed by atoms with Crippen LogP contribution < -0.4 is 4.74 Å². The predicted octanol–water partition coefficient (Wildman–Crippen LogP) is 3.64. The second kappa shape index (κ2) is 6.61. The van der Waals surface area contributed by atoms with E-state index >= 15 is 0 Å². The van der Waals surface area contributed by atoms with Crippen LogP contribution in [-0.4, -0.2) is 36.9 Å². The van der Waals surface area contributed by atoms with Crippen LogP contribution in [0.25, 0.3) is 0 Å². The van der Waals surface area contributed by atoms with Crippen molar-refractivity contribution in [1.82, 2.24) is 4.90 Å². The summed E-state index contributed by atoms with van der Waals surface area (Å²) in [5.41, 5.74) is 1.03. The minimum atomic E-state index is 0.161. The van der Waals surface area contributed by atoms with Gasteiger partial charge in [-0.25, -0.2) is 0 Å². The highest BCUT2D eigenvalue weighted by atomic mass is 16.5. The van der Waals surface area contributed by atoms with Crippen LogP contribution in [-0.2, 0) is 0 Å². The lowest BCUT2D eigenvalue weighted by Gasteiger charge is -2.27. The van der Waals surface area contributed by atoms with Crippen molar-refractivity contribution in [1.29, 1.82) is 0 Å². The summed E-state index contributed by atoms with van der Waals surface area (Å²) in [5.74, 6) is 1.54. The second-order valence-electron chi connectivity index (χ2n) is 6.94. The number of rotatable bonds is 5. The molecule has 21 heavy (non-hydrogen) atoms. The van der Waals surface area contributed by atoms with E-state index in [0.717, 1.165) is 13.1 Å². The molecule has 1 fully saturated rings. The Kier molecular flexibility index (Phi) is 5.04. The summed E-state index contributed by atoms with van der Waals surface area (Å²) in [6.07, 6.45) is 1.18. The van der Waals surface area contributed by atoms with E-state index in [4.69, 9.17) is 4.74 Å². The van der Waals surface area contributed by atoms with Crippen LogP contribution in [0.3, 0.4) is 0 Å². The highest BCUT2D eigenvalue weighted by Crippen LogP contribution is 2.33. The van der Waals surface area contributed by atoms with Gasteiger partial charge >= 0.3 is 0 Å². The number of para-hydroxylation sites is 1. The van der Waals surface area contributed by atoms with E-state index in [2.05, 4.69) is 25.7 Å². The lowest BCUT2D eigenvalue weighted by atomic mass is 9.80. The smallest absolute Gasteiger partial charge is 0.180 e. The lowest BCUT2D eigenvalue weighted by molar-refractivity contribution is 0.0934. The van der Waals surface area contributed by atoms with Gasteiger partial charge in [0, 0.05) is 6.54 Å². The number of Topliss-reactive ketones (excluding diaryl/α,β-unsaturated/α-hetero) is 1. The van der Waals surface area contributed by atoms with Gasteiger partial charge in [0.1, 0.15) is 5.75 Å². The molecule has 116 valence electrons. The van der Waals surface area contributed by atoms with E-state index in [1.54, 1.807) is 0 Å². The van der Waals surface area contributed by atoms with Crippen molar-refractivity contribution in [3.8, 4) is 5.75 Å². The molecule has 0 amide bonds. The molecule has 3 heteroatoms. The van der Waals surface area contributed by atoms with E-state index in [-0.39, 0.29) is 5.78 Å². The highest BCUT2D eigenvalue weighted by Gasteiger charge is 2.32. The number of carbonyl (C=O) groups is 1. The molecular weight excluding hydrogens is 262 g/mol. The van der Waals surface area contributed by atoms with Gasteiger partial charge in [-0.15, -0.1) is 0 Å². The van der Waals surface area contributed by atoms with Gasteiger partial charge in [0.05, 0.1) is 18.7 Å². The lowest BCUT2D eigenvalue weighted by Crippen LogP contribution is -2.30. The van der Waals surface area contributed by atoms with Crippen LogP contribution in [0.4, 0.5) is 0 Å². The minimum Gasteiger partial charge on any atom is -0.493 e. The molecule has 0 aliphatic carbocycles. The van der Waals surface area contributed by atoms with Crippen molar-refractivity contribution in [3.63, 3.8) is 0 Å². The summed E-state index contributed by atoms with van der Waals surface area (Å²) in [7, 11) is 0. The summed E-state index contributed by atoms with van der Waals surface area (Å²) in [5, 5.41) is 0. The molecular formula is C18H27NO2. The zero-order chi connectivity index (χ0) is 15.5. The Morgan fingerprint density at radius 1 is 1.33 bits per heavy atom. The molecule has 0 radical (unpaired) electrons. The van der Waals surface area contributed by atoms with Gasteiger partial charge in [0.2, 0.25) is 0 Å². The summed E-state index contributed by atoms with van der Waals surface area (Å²) in [6.45, 7) is 11.9. The standard InChI is InChI=1S/C18H27NO2/c1-5-21-17-9-7-6-8-15(17)16(20)13-19-11-10-14(12-19)18(2,3)4/h6-9,14H,5,10-13H2,1-4H3. The summed E-state index contributed by atoms with van der Waals surface area (Å²) >= 11 is 0. The maximum absolute atomic E-state index is 12.5. The zero-order valence-corrected chi connectivity index (χ0v) is 13.7. The number of likely N-dealkylation sites (tertiary alicyclic amines) is 1. The molecule has 1 atom stereocenters. The summed E-state index contributed by atoms with van der Waals surface area (Å²) in [4.78, 5) is 14.8. The molecule has 1 aliphatic rings. The van der Waals surface area contributed by atoms with Crippen LogP contribution in [0, 0.1) is 11.3 Å². The fourth-order valence-electron chi connectivity index (χ4n) is 2.95. The van der Waals surface area contributed by atoms with Crippen molar-refractivity contribution >= 4 is 5.78 Å². The Hall–Kier alpha value is -1.35. The highest BCUT2D eigenvalue weighted by molar-refractivity contribution is 6.00. The van der Waals surface area contributed by atoms with Gasteiger partial charge in [-0.1, -0.05) is 32.9 Å². The van der Waals surface area contributed by atoms with E-state index in [0.29, 0.717) is 35.8 Å². The maximum atomic E-state index is 12.5. The first-order valence-corrected chi connectivity index (χ1v) is 7.89. The number of ketones is 1. The van der Waals surface area contributed by atoms with Crippen LogP contribution in [0.15, 0.2) is 24.3 Å². The molecule has 1 unspecified atom stereocenters. The zero-order valence-electron chi connectivity index (χ0n) is 13.7. The Balaban J connectivity index is 2.00. The normalized spacial score (nSPS) is 19.7. The first kappa shape index (κ1) is 16.0. The number of benzene rings is 1. The van der Waals surface area contributed by atoms with Crippen LogP contribution in [0.2, 0.25) is 0 Å². The van der Waals surface area contributed by atoms with E-state index in [1.807, 2.05) is 31.2 Å². The Morgan fingerprint density at radius 2 is 2.05 bits per heavy atom. The number of hydrogen-bond acceptors (Lipinski definition) is 3. The Morgan fingerprint density at radius 3 is 2.67 bits per heavy atom. The SMILES string of the molecule is CCOc1ccccc1C(=O)CN1CCC(C(C)(C)C)C1. The number of nitrogens with zero attached hydrogens (tertiary/aromatic N) is 1. The van der Waals surface area contributed by atoms with Crippen molar-refractivity contribution in [2.75, 3.05) is 26.2 Å². The molecule has 1 aliphatic heterocycles. The maximum Gasteiger partial charge on any atom is 0.180 e. The van der Waals surface area contributed by atoms with Crippen molar-refractivity contribution in [2.45, 2.75) is 34.1 Å².